The fourth-order valence-corrected chi connectivity index (χ4v) is 1.04. The topological polar surface area (TPSA) is 69.1 Å². The van der Waals surface area contributed by atoms with Crippen molar-refractivity contribution in [1.82, 2.24) is 0 Å². The summed E-state index contributed by atoms with van der Waals surface area (Å²) in [6, 6.07) is 0. The number of amides is 1. The monoisotopic (exact) mass is 172 g/mol. The number of rotatable bonds is 6. The quantitative estimate of drug-likeness (QED) is 0.590. The number of unbranched alkanes of at least 4 members (excludes halogenated alkanes) is 3. The third-order valence-corrected chi connectivity index (χ3v) is 2.11. The van der Waals surface area contributed by atoms with Crippen LogP contribution in [0.1, 0.15) is 46.0 Å². The Morgan fingerprint density at radius 3 is 2.33 bits per heavy atom. The van der Waals surface area contributed by atoms with Crippen molar-refractivity contribution >= 4 is 5.91 Å². The molecule has 0 aromatic rings. The van der Waals surface area contributed by atoms with Gasteiger partial charge < -0.3 is 11.5 Å². The van der Waals surface area contributed by atoms with E-state index in [0.717, 1.165) is 12.8 Å². The maximum atomic E-state index is 10.8. The minimum atomic E-state index is -0.812. The normalized spacial score (nSPS) is 15.6. The van der Waals surface area contributed by atoms with Gasteiger partial charge in [0.05, 0.1) is 5.54 Å². The number of primary amides is 1. The summed E-state index contributed by atoms with van der Waals surface area (Å²) in [5.41, 5.74) is 9.98. The molecule has 0 aliphatic carbocycles. The van der Waals surface area contributed by atoms with Crippen molar-refractivity contribution in [1.29, 1.82) is 0 Å². The third-order valence-electron chi connectivity index (χ3n) is 2.11. The van der Waals surface area contributed by atoms with Gasteiger partial charge in [0.2, 0.25) is 5.91 Å². The largest absolute Gasteiger partial charge is 0.368 e. The van der Waals surface area contributed by atoms with Gasteiger partial charge >= 0.3 is 0 Å². The molecule has 0 saturated heterocycles. The molecule has 0 spiro atoms. The maximum absolute atomic E-state index is 10.8. The second-order valence-corrected chi connectivity index (χ2v) is 3.59. The Labute approximate surface area is 74.5 Å². The molecule has 0 aromatic carbocycles. The van der Waals surface area contributed by atoms with Gasteiger partial charge in [-0.25, -0.2) is 0 Å². The van der Waals surface area contributed by atoms with Gasteiger partial charge in [0, 0.05) is 0 Å². The van der Waals surface area contributed by atoms with E-state index in [1.54, 1.807) is 6.92 Å². The molecule has 1 atom stereocenters. The first kappa shape index (κ1) is 11.4. The van der Waals surface area contributed by atoms with Crippen LogP contribution in [0.4, 0.5) is 0 Å². The summed E-state index contributed by atoms with van der Waals surface area (Å²) in [4.78, 5) is 10.8. The van der Waals surface area contributed by atoms with Crippen LogP contribution in [-0.4, -0.2) is 11.4 Å². The average molecular weight is 172 g/mol. The zero-order chi connectivity index (χ0) is 9.61. The van der Waals surface area contributed by atoms with Crippen LogP contribution in [0, 0.1) is 0 Å². The van der Waals surface area contributed by atoms with Crippen molar-refractivity contribution in [3.05, 3.63) is 0 Å². The Kier molecular flexibility index (Phi) is 4.90. The Bertz CT molecular complexity index is 143. The van der Waals surface area contributed by atoms with Crippen molar-refractivity contribution in [3.63, 3.8) is 0 Å². The molecular formula is C9H20N2O. The smallest absolute Gasteiger partial charge is 0.237 e. The Balaban J connectivity index is 3.54. The van der Waals surface area contributed by atoms with E-state index in [0.29, 0.717) is 6.42 Å². The van der Waals surface area contributed by atoms with Crippen molar-refractivity contribution in [2.24, 2.45) is 11.5 Å². The molecule has 0 saturated carbocycles. The second kappa shape index (κ2) is 5.14. The zero-order valence-corrected chi connectivity index (χ0v) is 8.10. The molecule has 0 fully saturated rings. The molecule has 0 radical (unpaired) electrons. The number of carbonyl (C=O) groups excluding carboxylic acids is 1. The van der Waals surface area contributed by atoms with E-state index in [1.807, 2.05) is 0 Å². The van der Waals surface area contributed by atoms with Crippen LogP contribution in [0.2, 0.25) is 0 Å². The number of hydrogen-bond donors (Lipinski definition) is 2. The molecule has 0 aliphatic rings. The van der Waals surface area contributed by atoms with E-state index in [-0.39, 0.29) is 0 Å². The van der Waals surface area contributed by atoms with Crippen LogP contribution in [0.15, 0.2) is 0 Å². The van der Waals surface area contributed by atoms with Gasteiger partial charge in [-0.2, -0.15) is 0 Å². The molecule has 1 amide bonds. The Morgan fingerprint density at radius 2 is 1.92 bits per heavy atom. The predicted molar refractivity (Wildman–Crippen MR) is 50.5 cm³/mol. The summed E-state index contributed by atoms with van der Waals surface area (Å²) in [5, 5.41) is 0. The SMILES string of the molecule is CCCCCCC(C)(N)C(N)=O. The number of nitrogens with two attached hydrogens (primary N) is 2. The van der Waals surface area contributed by atoms with Gasteiger partial charge in [0.15, 0.2) is 0 Å². The minimum absolute atomic E-state index is 0.404. The lowest BCUT2D eigenvalue weighted by Crippen LogP contribution is -2.49. The van der Waals surface area contributed by atoms with Gasteiger partial charge in [0.25, 0.3) is 0 Å². The molecule has 12 heavy (non-hydrogen) atoms. The summed E-state index contributed by atoms with van der Waals surface area (Å²) >= 11 is 0. The molecular weight excluding hydrogens is 152 g/mol. The minimum Gasteiger partial charge on any atom is -0.368 e. The molecule has 1 unspecified atom stereocenters. The lowest BCUT2D eigenvalue weighted by atomic mass is 9.95. The van der Waals surface area contributed by atoms with E-state index >= 15 is 0 Å². The fraction of sp³-hybridized carbons (Fsp3) is 0.889. The van der Waals surface area contributed by atoms with Gasteiger partial charge in [-0.3, -0.25) is 4.79 Å². The van der Waals surface area contributed by atoms with Crippen molar-refractivity contribution in [2.45, 2.75) is 51.5 Å². The van der Waals surface area contributed by atoms with Gasteiger partial charge in [-0.05, 0) is 13.3 Å². The van der Waals surface area contributed by atoms with Crippen LogP contribution in [0.25, 0.3) is 0 Å². The zero-order valence-electron chi connectivity index (χ0n) is 8.10. The van der Waals surface area contributed by atoms with Crippen LogP contribution in [-0.2, 0) is 4.79 Å². The highest BCUT2D eigenvalue weighted by Gasteiger charge is 2.24. The number of carbonyl (C=O) groups is 1. The van der Waals surface area contributed by atoms with Crippen LogP contribution in [0.3, 0.4) is 0 Å². The Hall–Kier alpha value is -0.570. The first-order chi connectivity index (χ1) is 5.50. The van der Waals surface area contributed by atoms with Crippen molar-refractivity contribution in [2.75, 3.05) is 0 Å². The molecule has 4 N–H and O–H groups in total. The molecule has 0 bridgehead atoms. The van der Waals surface area contributed by atoms with E-state index in [9.17, 15) is 4.79 Å². The summed E-state index contributed by atoms with van der Waals surface area (Å²) < 4.78 is 0. The standard InChI is InChI=1S/C9H20N2O/c1-3-4-5-6-7-9(2,11)8(10)12/h3-7,11H2,1-2H3,(H2,10,12). The van der Waals surface area contributed by atoms with E-state index < -0.39 is 11.4 Å². The van der Waals surface area contributed by atoms with Crippen LogP contribution < -0.4 is 11.5 Å². The highest BCUT2D eigenvalue weighted by atomic mass is 16.1. The van der Waals surface area contributed by atoms with Gasteiger partial charge in [0.1, 0.15) is 0 Å². The van der Waals surface area contributed by atoms with E-state index in [4.69, 9.17) is 11.5 Å². The van der Waals surface area contributed by atoms with Crippen LogP contribution in [0.5, 0.6) is 0 Å². The molecule has 3 nitrogen and oxygen atoms in total. The lowest BCUT2D eigenvalue weighted by molar-refractivity contribution is -0.122. The first-order valence-corrected chi connectivity index (χ1v) is 4.59. The van der Waals surface area contributed by atoms with Crippen molar-refractivity contribution < 1.29 is 4.79 Å². The molecule has 0 heterocycles. The van der Waals surface area contributed by atoms with E-state index in [2.05, 4.69) is 6.92 Å². The van der Waals surface area contributed by atoms with Gasteiger partial charge in [-0.1, -0.05) is 32.6 Å². The average Bonchev–Trinajstić information content (AvgIpc) is 1.98. The summed E-state index contributed by atoms with van der Waals surface area (Å²) in [6.45, 7) is 3.84. The van der Waals surface area contributed by atoms with Crippen molar-refractivity contribution in [3.8, 4) is 0 Å². The highest BCUT2D eigenvalue weighted by molar-refractivity contribution is 5.83. The summed E-state index contributed by atoms with van der Waals surface area (Å²) in [5.74, 6) is -0.404. The highest BCUT2D eigenvalue weighted by Crippen LogP contribution is 2.11. The van der Waals surface area contributed by atoms with E-state index in [1.165, 1.54) is 12.8 Å². The third kappa shape index (κ3) is 4.34. The summed E-state index contributed by atoms with van der Waals surface area (Å²) in [6.07, 6.45) is 5.22. The molecule has 0 rings (SSSR count). The second-order valence-electron chi connectivity index (χ2n) is 3.59. The molecule has 0 aliphatic heterocycles. The number of hydrogen-bond acceptors (Lipinski definition) is 2. The maximum Gasteiger partial charge on any atom is 0.237 e. The predicted octanol–water partition coefficient (Wildman–Crippen LogP) is 1.16. The molecule has 3 heteroatoms. The Morgan fingerprint density at radius 1 is 1.33 bits per heavy atom. The van der Waals surface area contributed by atoms with Crippen LogP contribution >= 0.6 is 0 Å². The van der Waals surface area contributed by atoms with Gasteiger partial charge in [-0.15, -0.1) is 0 Å². The first-order valence-electron chi connectivity index (χ1n) is 4.59. The molecule has 0 aromatic heterocycles. The fourth-order valence-electron chi connectivity index (χ4n) is 1.04. The lowest BCUT2D eigenvalue weighted by Gasteiger charge is -2.19. The summed E-state index contributed by atoms with van der Waals surface area (Å²) in [7, 11) is 0. The molecule has 72 valence electrons.